The van der Waals surface area contributed by atoms with Crippen molar-refractivity contribution < 1.29 is 4.52 Å². The van der Waals surface area contributed by atoms with E-state index >= 15 is 0 Å². The first-order chi connectivity index (χ1) is 12.8. The monoisotopic (exact) mass is 374 g/mol. The number of aliphatic imine (C=N–C) groups is 1. The predicted molar refractivity (Wildman–Crippen MR) is 109 cm³/mol. The van der Waals surface area contributed by atoms with Crippen LogP contribution in [0, 0.1) is 27.7 Å². The van der Waals surface area contributed by atoms with Crippen LogP contribution in [0.3, 0.4) is 0 Å². The Morgan fingerprint density at radius 2 is 1.93 bits per heavy atom. The quantitative estimate of drug-likeness (QED) is 0.422. The lowest BCUT2D eigenvalue weighted by Gasteiger charge is -2.18. The zero-order valence-corrected chi connectivity index (χ0v) is 17.8. The lowest BCUT2D eigenvalue weighted by Crippen LogP contribution is -2.43. The molecule has 0 aromatic carbocycles. The molecule has 7 heteroatoms. The lowest BCUT2D eigenvalue weighted by molar-refractivity contribution is 0.392. The second-order valence-corrected chi connectivity index (χ2v) is 7.19. The number of nitrogens with one attached hydrogen (secondary N) is 2. The average molecular weight is 375 g/mol. The molecule has 0 amide bonds. The Hall–Kier alpha value is -2.31. The molecule has 1 unspecified atom stereocenters. The Morgan fingerprint density at radius 3 is 2.48 bits per heavy atom. The molecule has 2 aromatic rings. The van der Waals surface area contributed by atoms with Crippen molar-refractivity contribution in [3.63, 3.8) is 0 Å². The maximum Gasteiger partial charge on any atom is 0.191 e. The average Bonchev–Trinajstić information content (AvgIpc) is 3.05. The largest absolute Gasteiger partial charge is 0.361 e. The fraction of sp³-hybridized carbons (Fsp3) is 0.650. The Labute approximate surface area is 162 Å². The van der Waals surface area contributed by atoms with Crippen molar-refractivity contribution in [2.24, 2.45) is 12.0 Å². The smallest absolute Gasteiger partial charge is 0.191 e. The van der Waals surface area contributed by atoms with Crippen LogP contribution in [0.2, 0.25) is 0 Å². The van der Waals surface area contributed by atoms with Crippen molar-refractivity contribution >= 4 is 5.96 Å². The molecule has 2 aromatic heterocycles. The highest BCUT2D eigenvalue weighted by molar-refractivity contribution is 5.80. The molecule has 1 atom stereocenters. The van der Waals surface area contributed by atoms with Crippen molar-refractivity contribution in [2.75, 3.05) is 13.1 Å². The highest BCUT2D eigenvalue weighted by atomic mass is 16.5. The molecule has 0 bridgehead atoms. The molecule has 0 spiro atoms. The minimum atomic E-state index is 0.270. The topological polar surface area (TPSA) is 80.3 Å². The van der Waals surface area contributed by atoms with Crippen molar-refractivity contribution in [2.45, 2.75) is 66.8 Å². The third-order valence-electron chi connectivity index (χ3n) is 4.93. The molecule has 7 nitrogen and oxygen atoms in total. The van der Waals surface area contributed by atoms with Crippen LogP contribution >= 0.6 is 0 Å². The van der Waals surface area contributed by atoms with E-state index in [1.807, 2.05) is 25.6 Å². The predicted octanol–water partition coefficient (Wildman–Crippen LogP) is 2.76. The summed E-state index contributed by atoms with van der Waals surface area (Å²) in [5, 5.41) is 15.4. The molecule has 2 N–H and O–H groups in total. The van der Waals surface area contributed by atoms with Crippen molar-refractivity contribution in [1.82, 2.24) is 25.6 Å². The van der Waals surface area contributed by atoms with Crippen molar-refractivity contribution in [3.05, 3.63) is 34.0 Å². The van der Waals surface area contributed by atoms with E-state index in [4.69, 9.17) is 9.52 Å². The summed E-state index contributed by atoms with van der Waals surface area (Å²) in [6.45, 7) is 14.0. The normalized spacial score (nSPS) is 13.1. The van der Waals surface area contributed by atoms with E-state index in [0.29, 0.717) is 0 Å². The molecular weight excluding hydrogens is 340 g/mol. The van der Waals surface area contributed by atoms with Gasteiger partial charge in [0.25, 0.3) is 0 Å². The van der Waals surface area contributed by atoms with Gasteiger partial charge in [-0.25, -0.2) is 0 Å². The van der Waals surface area contributed by atoms with Crippen LogP contribution in [0.25, 0.3) is 0 Å². The SMILES string of the molecule is CCNC(=NCCCc1c(C)noc1C)NC(C)Cc1c(C)nn(C)c1C. The number of nitrogens with zero attached hydrogens (tertiary/aromatic N) is 4. The zero-order valence-electron chi connectivity index (χ0n) is 17.8. The number of aryl methyl sites for hydroxylation is 4. The summed E-state index contributed by atoms with van der Waals surface area (Å²) >= 11 is 0. The molecule has 0 radical (unpaired) electrons. The van der Waals surface area contributed by atoms with E-state index in [-0.39, 0.29) is 6.04 Å². The van der Waals surface area contributed by atoms with Crippen LogP contribution in [0.4, 0.5) is 0 Å². The van der Waals surface area contributed by atoms with Gasteiger partial charge in [-0.3, -0.25) is 9.67 Å². The second-order valence-electron chi connectivity index (χ2n) is 7.19. The van der Waals surface area contributed by atoms with E-state index < -0.39 is 0 Å². The first-order valence-electron chi connectivity index (χ1n) is 9.79. The van der Waals surface area contributed by atoms with Gasteiger partial charge in [-0.15, -0.1) is 0 Å². The van der Waals surface area contributed by atoms with Crippen LogP contribution in [-0.4, -0.2) is 40.0 Å². The summed E-state index contributed by atoms with van der Waals surface area (Å²) in [6, 6.07) is 0.270. The number of hydrogen-bond acceptors (Lipinski definition) is 4. The molecule has 0 aliphatic heterocycles. The number of aromatic nitrogens is 3. The van der Waals surface area contributed by atoms with Crippen LogP contribution < -0.4 is 10.6 Å². The molecule has 0 aliphatic rings. The van der Waals surface area contributed by atoms with Crippen LogP contribution in [0.1, 0.15) is 54.2 Å². The summed E-state index contributed by atoms with van der Waals surface area (Å²) in [6.07, 6.45) is 2.83. The van der Waals surface area contributed by atoms with E-state index in [0.717, 1.165) is 55.5 Å². The minimum absolute atomic E-state index is 0.270. The standard InChI is InChI=1S/C20H34N6O/c1-8-21-20(22-11-9-10-18-15(4)25-27-17(18)6)23-13(2)12-19-14(3)24-26(7)16(19)5/h13H,8-12H2,1-7H3,(H2,21,22,23). The van der Waals surface area contributed by atoms with Gasteiger partial charge in [-0.05, 0) is 66.4 Å². The minimum Gasteiger partial charge on any atom is -0.361 e. The summed E-state index contributed by atoms with van der Waals surface area (Å²) < 4.78 is 7.17. The summed E-state index contributed by atoms with van der Waals surface area (Å²) in [5.41, 5.74) is 5.83. The number of rotatable bonds is 8. The van der Waals surface area contributed by atoms with Gasteiger partial charge in [-0.1, -0.05) is 5.16 Å². The summed E-state index contributed by atoms with van der Waals surface area (Å²) in [4.78, 5) is 4.73. The first-order valence-corrected chi connectivity index (χ1v) is 9.79. The molecule has 0 saturated carbocycles. The molecule has 150 valence electrons. The van der Waals surface area contributed by atoms with Crippen molar-refractivity contribution in [1.29, 1.82) is 0 Å². The van der Waals surface area contributed by atoms with Gasteiger partial charge in [0.1, 0.15) is 5.76 Å². The van der Waals surface area contributed by atoms with Gasteiger partial charge in [-0.2, -0.15) is 5.10 Å². The lowest BCUT2D eigenvalue weighted by atomic mass is 10.1. The summed E-state index contributed by atoms with van der Waals surface area (Å²) in [5.74, 6) is 1.78. The van der Waals surface area contributed by atoms with Crippen LogP contribution in [-0.2, 0) is 19.9 Å². The first kappa shape index (κ1) is 21.0. The second kappa shape index (κ2) is 9.58. The summed E-state index contributed by atoms with van der Waals surface area (Å²) in [7, 11) is 1.99. The molecule has 0 saturated heterocycles. The van der Waals surface area contributed by atoms with Gasteiger partial charge in [0.05, 0.1) is 11.4 Å². The molecule has 27 heavy (non-hydrogen) atoms. The van der Waals surface area contributed by atoms with Gasteiger partial charge in [0.2, 0.25) is 0 Å². The van der Waals surface area contributed by atoms with Gasteiger partial charge in [0.15, 0.2) is 5.96 Å². The molecule has 2 rings (SSSR count). The van der Waals surface area contributed by atoms with Gasteiger partial charge < -0.3 is 15.2 Å². The van der Waals surface area contributed by atoms with E-state index in [1.54, 1.807) is 0 Å². The van der Waals surface area contributed by atoms with Gasteiger partial charge >= 0.3 is 0 Å². The highest BCUT2D eigenvalue weighted by Gasteiger charge is 2.14. The molecule has 0 aliphatic carbocycles. The maximum absolute atomic E-state index is 5.22. The Morgan fingerprint density at radius 1 is 1.19 bits per heavy atom. The van der Waals surface area contributed by atoms with Gasteiger partial charge in [0, 0.05) is 37.4 Å². The Kier molecular flexibility index (Phi) is 7.45. The van der Waals surface area contributed by atoms with E-state index in [2.05, 4.69) is 48.6 Å². The van der Waals surface area contributed by atoms with Crippen LogP contribution in [0.15, 0.2) is 9.52 Å². The zero-order chi connectivity index (χ0) is 20.0. The third kappa shape index (κ3) is 5.58. The van der Waals surface area contributed by atoms with E-state index in [9.17, 15) is 0 Å². The molecular formula is C20H34N6O. The maximum atomic E-state index is 5.22. The fourth-order valence-corrected chi connectivity index (χ4v) is 3.33. The number of guanidine groups is 1. The fourth-order valence-electron chi connectivity index (χ4n) is 3.33. The highest BCUT2D eigenvalue weighted by Crippen LogP contribution is 2.15. The third-order valence-corrected chi connectivity index (χ3v) is 4.93. The number of hydrogen-bond donors (Lipinski definition) is 2. The van der Waals surface area contributed by atoms with E-state index in [1.165, 1.54) is 16.8 Å². The van der Waals surface area contributed by atoms with Crippen molar-refractivity contribution in [3.8, 4) is 0 Å². The molecule has 2 heterocycles. The Bertz CT molecular complexity index is 754. The van der Waals surface area contributed by atoms with Crippen LogP contribution in [0.5, 0.6) is 0 Å². The Balaban J connectivity index is 1.90. The molecule has 0 fully saturated rings.